The highest BCUT2D eigenvalue weighted by molar-refractivity contribution is 5.85. The fourth-order valence-electron chi connectivity index (χ4n) is 6.35. The van der Waals surface area contributed by atoms with Crippen molar-refractivity contribution in [2.45, 2.75) is 51.6 Å². The summed E-state index contributed by atoms with van der Waals surface area (Å²) in [6.07, 6.45) is 1.98. The van der Waals surface area contributed by atoms with E-state index in [4.69, 9.17) is 0 Å². The Kier molecular flexibility index (Phi) is 10.1. The lowest BCUT2D eigenvalue weighted by atomic mass is 9.88. The Morgan fingerprint density at radius 3 is 2.05 bits per heavy atom. The first-order chi connectivity index (χ1) is 20.9. The Morgan fingerprint density at radius 2 is 1.44 bits per heavy atom. The van der Waals surface area contributed by atoms with E-state index in [9.17, 15) is 14.4 Å². The molecule has 0 saturated carbocycles. The molecule has 5 rings (SSSR count). The molecule has 1 unspecified atom stereocenters. The number of urea groups is 1. The molecule has 43 heavy (non-hydrogen) atoms. The second kappa shape index (κ2) is 14.4. The maximum absolute atomic E-state index is 13.9. The Morgan fingerprint density at radius 1 is 0.837 bits per heavy atom. The van der Waals surface area contributed by atoms with Gasteiger partial charge < -0.3 is 20.0 Å². The van der Waals surface area contributed by atoms with E-state index in [0.717, 1.165) is 18.4 Å². The summed E-state index contributed by atoms with van der Waals surface area (Å²) in [6.45, 7) is 6.43. The second-order valence-electron chi connectivity index (χ2n) is 12.2. The van der Waals surface area contributed by atoms with Crippen LogP contribution in [0.4, 0.5) is 4.79 Å². The quantitative estimate of drug-likeness (QED) is 0.343. The van der Waals surface area contributed by atoms with Gasteiger partial charge in [-0.3, -0.25) is 9.59 Å². The Balaban J connectivity index is 1.31. The van der Waals surface area contributed by atoms with Crippen molar-refractivity contribution in [1.29, 1.82) is 0 Å². The highest BCUT2D eigenvalue weighted by Crippen LogP contribution is 2.29. The summed E-state index contributed by atoms with van der Waals surface area (Å²) in [7, 11) is 0. The largest absolute Gasteiger partial charge is 0.338 e. The number of nitrogens with one attached hydrogen (secondary N) is 1. The third kappa shape index (κ3) is 7.64. The van der Waals surface area contributed by atoms with Crippen LogP contribution >= 0.6 is 0 Å². The summed E-state index contributed by atoms with van der Waals surface area (Å²) < 4.78 is 0. The molecule has 0 aromatic heterocycles. The van der Waals surface area contributed by atoms with Crippen molar-refractivity contribution in [3.8, 4) is 0 Å². The van der Waals surface area contributed by atoms with E-state index in [0.29, 0.717) is 45.1 Å². The molecule has 7 heteroatoms. The zero-order chi connectivity index (χ0) is 30.2. The minimum Gasteiger partial charge on any atom is -0.338 e. The lowest BCUT2D eigenvalue weighted by molar-refractivity contribution is -0.142. The maximum atomic E-state index is 13.9. The highest BCUT2D eigenvalue weighted by atomic mass is 16.2. The lowest BCUT2D eigenvalue weighted by Gasteiger charge is -2.43. The number of rotatable bonds is 10. The maximum Gasteiger partial charge on any atom is 0.319 e. The molecule has 7 nitrogen and oxygen atoms in total. The van der Waals surface area contributed by atoms with Gasteiger partial charge in [-0.2, -0.15) is 0 Å². The van der Waals surface area contributed by atoms with E-state index >= 15 is 0 Å². The Labute approximate surface area is 255 Å². The van der Waals surface area contributed by atoms with Crippen LogP contribution in [0.25, 0.3) is 0 Å². The molecule has 226 valence electrons. The van der Waals surface area contributed by atoms with Gasteiger partial charge in [0, 0.05) is 38.5 Å². The van der Waals surface area contributed by atoms with Crippen LogP contribution in [0.5, 0.6) is 0 Å². The van der Waals surface area contributed by atoms with Crippen LogP contribution in [0.15, 0.2) is 91.0 Å². The average Bonchev–Trinajstić information content (AvgIpc) is 3.16. The van der Waals surface area contributed by atoms with Crippen LogP contribution in [-0.2, 0) is 16.0 Å². The van der Waals surface area contributed by atoms with E-state index in [-0.39, 0.29) is 36.1 Å². The van der Waals surface area contributed by atoms with Crippen LogP contribution in [0.1, 0.15) is 55.7 Å². The van der Waals surface area contributed by atoms with Crippen LogP contribution in [0.2, 0.25) is 0 Å². The smallest absolute Gasteiger partial charge is 0.319 e. The molecule has 2 saturated heterocycles. The van der Waals surface area contributed by atoms with Crippen LogP contribution < -0.4 is 5.32 Å². The number of benzene rings is 3. The summed E-state index contributed by atoms with van der Waals surface area (Å²) in [5.74, 6) is 0.334. The zero-order valence-electron chi connectivity index (χ0n) is 25.4. The topological polar surface area (TPSA) is 73.0 Å². The molecule has 2 aliphatic rings. The van der Waals surface area contributed by atoms with Gasteiger partial charge in [0.05, 0.1) is 12.5 Å². The minimum atomic E-state index is -0.475. The van der Waals surface area contributed by atoms with Crippen LogP contribution in [0, 0.1) is 11.8 Å². The van der Waals surface area contributed by atoms with E-state index in [2.05, 4.69) is 43.4 Å². The summed E-state index contributed by atoms with van der Waals surface area (Å²) in [5.41, 5.74) is 3.50. The third-order valence-corrected chi connectivity index (χ3v) is 8.74. The molecule has 0 aliphatic carbocycles. The van der Waals surface area contributed by atoms with Gasteiger partial charge in [0.1, 0.15) is 6.17 Å². The Bertz CT molecular complexity index is 1310. The average molecular weight is 581 g/mol. The number of hydrogen-bond acceptors (Lipinski definition) is 3. The van der Waals surface area contributed by atoms with E-state index < -0.39 is 6.17 Å². The van der Waals surface area contributed by atoms with Crippen molar-refractivity contribution in [3.05, 3.63) is 108 Å². The number of fused-ring (bicyclic) bond motifs is 1. The minimum absolute atomic E-state index is 0.0128. The molecule has 2 fully saturated rings. The van der Waals surface area contributed by atoms with Crippen molar-refractivity contribution >= 4 is 17.8 Å². The van der Waals surface area contributed by atoms with Crippen molar-refractivity contribution in [2.24, 2.45) is 11.8 Å². The fourth-order valence-corrected chi connectivity index (χ4v) is 6.35. The molecule has 3 aromatic rings. The number of amides is 4. The van der Waals surface area contributed by atoms with Crippen molar-refractivity contribution in [1.82, 2.24) is 20.0 Å². The van der Waals surface area contributed by atoms with Gasteiger partial charge >= 0.3 is 6.03 Å². The normalized spacial score (nSPS) is 19.0. The number of hydrogen-bond donors (Lipinski definition) is 1. The van der Waals surface area contributed by atoms with Gasteiger partial charge in [-0.1, -0.05) is 105 Å². The van der Waals surface area contributed by atoms with E-state index in [1.54, 1.807) is 9.80 Å². The van der Waals surface area contributed by atoms with E-state index in [1.807, 2.05) is 71.6 Å². The number of carbonyl (C=O) groups is 3. The summed E-state index contributed by atoms with van der Waals surface area (Å²) in [4.78, 5) is 46.4. The number of nitrogens with zero attached hydrogens (tertiary/aromatic N) is 3. The molecule has 0 bridgehead atoms. The molecule has 2 heterocycles. The molecule has 4 amide bonds. The summed E-state index contributed by atoms with van der Waals surface area (Å²) >= 11 is 0. The van der Waals surface area contributed by atoms with Crippen molar-refractivity contribution in [3.63, 3.8) is 0 Å². The second-order valence-corrected chi connectivity index (χ2v) is 12.2. The predicted molar refractivity (Wildman–Crippen MR) is 169 cm³/mol. The van der Waals surface area contributed by atoms with Gasteiger partial charge in [-0.25, -0.2) is 4.79 Å². The first kappa shape index (κ1) is 30.3. The molecule has 1 N–H and O–H groups in total. The highest BCUT2D eigenvalue weighted by Gasteiger charge is 2.43. The molecular weight excluding hydrogens is 536 g/mol. The summed E-state index contributed by atoms with van der Waals surface area (Å²) in [5, 5.41) is 3.16. The number of carbonyl (C=O) groups excluding carboxylic acids is 3. The van der Waals surface area contributed by atoms with Gasteiger partial charge in [0.2, 0.25) is 11.8 Å². The molecule has 3 aromatic carbocycles. The van der Waals surface area contributed by atoms with Crippen molar-refractivity contribution < 1.29 is 14.4 Å². The van der Waals surface area contributed by atoms with Crippen molar-refractivity contribution in [2.75, 3.05) is 32.7 Å². The predicted octanol–water partition coefficient (Wildman–Crippen LogP) is 5.53. The first-order valence-corrected chi connectivity index (χ1v) is 15.7. The molecule has 2 atom stereocenters. The molecule has 0 radical (unpaired) electrons. The van der Waals surface area contributed by atoms with Gasteiger partial charge in [-0.05, 0) is 41.9 Å². The Hall–Kier alpha value is -4.13. The van der Waals surface area contributed by atoms with Crippen LogP contribution in [-0.4, -0.2) is 71.4 Å². The monoisotopic (exact) mass is 580 g/mol. The third-order valence-electron chi connectivity index (χ3n) is 8.74. The first-order valence-electron chi connectivity index (χ1n) is 15.7. The zero-order valence-corrected chi connectivity index (χ0v) is 25.4. The SMILES string of the molecule is CC(C)CCN1CC2N(C[C@@H](Cc3ccccc3)C1=O)C(=O)CCN2C(=O)NCCC(c1ccccc1)c1ccccc1. The standard InChI is InChI=1S/C36H44N4O3/c1-27(2)19-22-38-26-33-39(23-20-34(41)40(33)25-31(35(38)42)24-28-12-6-3-7-13-28)36(43)37-21-18-32(29-14-8-4-9-15-29)30-16-10-5-11-17-30/h3-17,27,31-33H,18-26H2,1-2H3,(H,37,43)/t31-,33?/m1/s1. The lowest BCUT2D eigenvalue weighted by Crippen LogP contribution is -2.62. The van der Waals surface area contributed by atoms with Crippen LogP contribution in [0.3, 0.4) is 0 Å². The molecular formula is C36H44N4O3. The summed E-state index contributed by atoms with van der Waals surface area (Å²) in [6, 6.07) is 30.6. The van der Waals surface area contributed by atoms with Gasteiger partial charge in [0.25, 0.3) is 0 Å². The fraction of sp³-hybridized carbons (Fsp3) is 0.417. The van der Waals surface area contributed by atoms with Gasteiger partial charge in [0.15, 0.2) is 0 Å². The van der Waals surface area contributed by atoms with E-state index in [1.165, 1.54) is 11.1 Å². The molecule has 2 aliphatic heterocycles. The molecule has 0 spiro atoms. The van der Waals surface area contributed by atoms with Gasteiger partial charge in [-0.15, -0.1) is 0 Å².